The number of esters is 1. The van der Waals surface area contributed by atoms with E-state index in [9.17, 15) is 4.79 Å². The molecule has 3 nitrogen and oxygen atoms in total. The quantitative estimate of drug-likeness (QED) is 0.346. The molecule has 142 valence electrons. The lowest BCUT2D eigenvalue weighted by atomic mass is 10.00. The van der Waals surface area contributed by atoms with Gasteiger partial charge < -0.3 is 4.74 Å². The minimum absolute atomic E-state index is 0.136. The SMILES string of the molecule is CCCCCCCCc1ccc(-c2ccc(C(=O)OCCC#N)cc2)cc1. The number of carbonyl (C=O) groups is 1. The van der Waals surface area contributed by atoms with E-state index >= 15 is 0 Å². The van der Waals surface area contributed by atoms with Gasteiger partial charge in [-0.1, -0.05) is 75.4 Å². The van der Waals surface area contributed by atoms with Gasteiger partial charge in [-0.3, -0.25) is 0 Å². The van der Waals surface area contributed by atoms with E-state index in [2.05, 4.69) is 31.2 Å². The van der Waals surface area contributed by atoms with Gasteiger partial charge in [-0.05, 0) is 41.7 Å². The van der Waals surface area contributed by atoms with Crippen LogP contribution in [0.3, 0.4) is 0 Å². The van der Waals surface area contributed by atoms with Gasteiger partial charge >= 0.3 is 5.97 Å². The summed E-state index contributed by atoms with van der Waals surface area (Å²) in [6, 6.07) is 18.1. The van der Waals surface area contributed by atoms with Crippen LogP contribution in [-0.4, -0.2) is 12.6 Å². The fraction of sp³-hybridized carbons (Fsp3) is 0.417. The van der Waals surface area contributed by atoms with E-state index < -0.39 is 0 Å². The first-order chi connectivity index (χ1) is 13.2. The fourth-order valence-corrected chi connectivity index (χ4v) is 3.04. The number of nitrogens with zero attached hydrogens (tertiary/aromatic N) is 1. The van der Waals surface area contributed by atoms with Crippen molar-refractivity contribution >= 4 is 5.97 Å². The van der Waals surface area contributed by atoms with E-state index in [1.54, 1.807) is 12.1 Å². The Labute approximate surface area is 163 Å². The van der Waals surface area contributed by atoms with E-state index in [-0.39, 0.29) is 19.0 Å². The molecule has 0 heterocycles. The normalized spacial score (nSPS) is 10.4. The number of aryl methyl sites for hydroxylation is 1. The van der Waals surface area contributed by atoms with Crippen LogP contribution < -0.4 is 0 Å². The van der Waals surface area contributed by atoms with E-state index in [1.165, 1.54) is 44.1 Å². The Morgan fingerprint density at radius 1 is 0.889 bits per heavy atom. The summed E-state index contributed by atoms with van der Waals surface area (Å²) >= 11 is 0. The molecule has 0 fully saturated rings. The zero-order valence-corrected chi connectivity index (χ0v) is 16.2. The first-order valence-electron chi connectivity index (χ1n) is 9.98. The van der Waals surface area contributed by atoms with Crippen LogP contribution >= 0.6 is 0 Å². The molecule has 0 aliphatic carbocycles. The third-order valence-electron chi connectivity index (χ3n) is 4.67. The van der Waals surface area contributed by atoms with Gasteiger partial charge in [0, 0.05) is 0 Å². The number of carbonyl (C=O) groups excluding carboxylic acids is 1. The largest absolute Gasteiger partial charge is 0.461 e. The van der Waals surface area contributed by atoms with E-state index in [0.717, 1.165) is 17.5 Å². The average Bonchev–Trinajstić information content (AvgIpc) is 2.71. The number of benzene rings is 2. The monoisotopic (exact) mass is 363 g/mol. The molecule has 3 heteroatoms. The van der Waals surface area contributed by atoms with Crippen molar-refractivity contribution in [3.8, 4) is 17.2 Å². The van der Waals surface area contributed by atoms with Crippen LogP contribution in [0.15, 0.2) is 48.5 Å². The zero-order valence-electron chi connectivity index (χ0n) is 16.2. The van der Waals surface area contributed by atoms with Crippen LogP contribution in [-0.2, 0) is 11.2 Å². The molecule has 0 spiro atoms. The molecule has 2 aromatic carbocycles. The number of nitriles is 1. The molecule has 0 amide bonds. The van der Waals surface area contributed by atoms with Crippen LogP contribution in [0.25, 0.3) is 11.1 Å². The molecule has 0 aliphatic heterocycles. The van der Waals surface area contributed by atoms with Crippen LogP contribution in [0.2, 0.25) is 0 Å². The summed E-state index contributed by atoms with van der Waals surface area (Å²) in [6.45, 7) is 2.38. The summed E-state index contributed by atoms with van der Waals surface area (Å²) in [5.41, 5.74) is 4.11. The summed E-state index contributed by atoms with van der Waals surface area (Å²) in [7, 11) is 0. The summed E-state index contributed by atoms with van der Waals surface area (Å²) in [4.78, 5) is 11.9. The van der Waals surface area contributed by atoms with Gasteiger partial charge in [0.2, 0.25) is 0 Å². The van der Waals surface area contributed by atoms with Crippen molar-refractivity contribution in [1.82, 2.24) is 0 Å². The number of ether oxygens (including phenoxy) is 1. The topological polar surface area (TPSA) is 50.1 Å². The Morgan fingerprint density at radius 3 is 2.11 bits per heavy atom. The number of unbranched alkanes of at least 4 members (excludes halogenated alkanes) is 5. The molecule has 0 N–H and O–H groups in total. The second-order valence-corrected chi connectivity index (χ2v) is 6.84. The van der Waals surface area contributed by atoms with E-state index in [1.807, 2.05) is 18.2 Å². The van der Waals surface area contributed by atoms with Gasteiger partial charge in [0.05, 0.1) is 18.1 Å². The average molecular weight is 364 g/mol. The highest BCUT2D eigenvalue weighted by Gasteiger charge is 2.07. The molecule has 0 aliphatic rings. The standard InChI is InChI=1S/C24H29NO2/c1-2-3-4-5-6-7-9-20-10-12-21(13-11-20)22-14-16-23(17-15-22)24(26)27-19-8-18-25/h10-17H,2-9,19H2,1H3. The second-order valence-electron chi connectivity index (χ2n) is 6.84. The third kappa shape index (κ3) is 7.27. The highest BCUT2D eigenvalue weighted by atomic mass is 16.5. The first-order valence-corrected chi connectivity index (χ1v) is 9.98. The van der Waals surface area contributed by atoms with Crippen LogP contribution in [0.1, 0.15) is 67.8 Å². The molecule has 0 unspecified atom stereocenters. The van der Waals surface area contributed by atoms with E-state index in [0.29, 0.717) is 5.56 Å². The fourth-order valence-electron chi connectivity index (χ4n) is 3.04. The predicted octanol–water partition coefficient (Wildman–Crippen LogP) is 6.33. The molecule has 0 radical (unpaired) electrons. The first kappa shape index (κ1) is 20.7. The van der Waals surface area contributed by atoms with Gasteiger partial charge in [-0.25, -0.2) is 4.79 Å². The Hall–Kier alpha value is -2.60. The highest BCUT2D eigenvalue weighted by Crippen LogP contribution is 2.21. The summed E-state index contributed by atoms with van der Waals surface area (Å²) in [5.74, 6) is -0.383. The molecular weight excluding hydrogens is 334 g/mol. The smallest absolute Gasteiger partial charge is 0.338 e. The summed E-state index contributed by atoms with van der Waals surface area (Å²) in [6.07, 6.45) is 9.28. The number of hydrogen-bond acceptors (Lipinski definition) is 3. The maximum absolute atomic E-state index is 11.9. The van der Waals surface area contributed by atoms with Gasteiger partial charge in [0.15, 0.2) is 0 Å². The van der Waals surface area contributed by atoms with Crippen LogP contribution in [0.4, 0.5) is 0 Å². The van der Waals surface area contributed by atoms with E-state index in [4.69, 9.17) is 10.00 Å². The van der Waals surface area contributed by atoms with Crippen molar-refractivity contribution in [3.63, 3.8) is 0 Å². The lowest BCUT2D eigenvalue weighted by molar-refractivity contribution is 0.0513. The maximum atomic E-state index is 11.9. The Kier molecular flexibility index (Phi) is 9.13. The molecule has 0 saturated heterocycles. The van der Waals surface area contributed by atoms with Crippen molar-refractivity contribution in [2.24, 2.45) is 0 Å². The summed E-state index contributed by atoms with van der Waals surface area (Å²) < 4.78 is 5.04. The second kappa shape index (κ2) is 11.9. The maximum Gasteiger partial charge on any atom is 0.338 e. The minimum atomic E-state index is -0.383. The molecule has 2 aromatic rings. The van der Waals surface area contributed by atoms with Gasteiger partial charge in [0.25, 0.3) is 0 Å². The van der Waals surface area contributed by atoms with Crippen LogP contribution in [0.5, 0.6) is 0 Å². The van der Waals surface area contributed by atoms with Crippen molar-refractivity contribution in [3.05, 3.63) is 59.7 Å². The van der Waals surface area contributed by atoms with Crippen molar-refractivity contribution in [1.29, 1.82) is 5.26 Å². The minimum Gasteiger partial charge on any atom is -0.461 e. The van der Waals surface area contributed by atoms with Crippen LogP contribution in [0, 0.1) is 11.3 Å². The lowest BCUT2D eigenvalue weighted by Crippen LogP contribution is -2.05. The Morgan fingerprint density at radius 2 is 1.48 bits per heavy atom. The lowest BCUT2D eigenvalue weighted by Gasteiger charge is -2.07. The zero-order chi connectivity index (χ0) is 19.3. The molecule has 2 rings (SSSR count). The van der Waals surface area contributed by atoms with Gasteiger partial charge in [0.1, 0.15) is 6.61 Å². The molecule has 27 heavy (non-hydrogen) atoms. The molecule has 0 bridgehead atoms. The Bertz CT molecular complexity index is 726. The number of hydrogen-bond donors (Lipinski definition) is 0. The molecule has 0 saturated carbocycles. The third-order valence-corrected chi connectivity index (χ3v) is 4.67. The molecule has 0 aromatic heterocycles. The highest BCUT2D eigenvalue weighted by molar-refractivity contribution is 5.90. The Balaban J connectivity index is 1.84. The van der Waals surface area contributed by atoms with Gasteiger partial charge in [-0.2, -0.15) is 5.26 Å². The van der Waals surface area contributed by atoms with Crippen molar-refractivity contribution in [2.75, 3.05) is 6.61 Å². The molecular formula is C24H29NO2. The van der Waals surface area contributed by atoms with Gasteiger partial charge in [-0.15, -0.1) is 0 Å². The summed E-state index contributed by atoms with van der Waals surface area (Å²) in [5, 5.41) is 8.48. The molecule has 0 atom stereocenters. The predicted molar refractivity (Wildman–Crippen MR) is 109 cm³/mol. The number of rotatable bonds is 11. The van der Waals surface area contributed by atoms with Crippen molar-refractivity contribution in [2.45, 2.75) is 58.3 Å². The van der Waals surface area contributed by atoms with Crippen molar-refractivity contribution < 1.29 is 9.53 Å².